The van der Waals surface area contributed by atoms with Gasteiger partial charge in [0.1, 0.15) is 5.69 Å². The molecule has 6 nitrogen and oxygen atoms in total. The minimum atomic E-state index is 0.683. The van der Waals surface area contributed by atoms with E-state index in [-0.39, 0.29) is 0 Å². The molecule has 1 aromatic carbocycles. The SMILES string of the molecule is CCCCCNc1nc[nH]c1-c1nc(-c2ccccc2)n[nH]1. The second-order valence-electron chi connectivity index (χ2n) is 5.13. The number of hydrogen-bond acceptors (Lipinski definition) is 4. The van der Waals surface area contributed by atoms with E-state index in [0.29, 0.717) is 11.6 Å². The summed E-state index contributed by atoms with van der Waals surface area (Å²) >= 11 is 0. The average Bonchev–Trinajstić information content (AvgIpc) is 3.21. The third-order valence-electron chi connectivity index (χ3n) is 3.47. The van der Waals surface area contributed by atoms with E-state index in [1.165, 1.54) is 12.8 Å². The monoisotopic (exact) mass is 296 g/mol. The van der Waals surface area contributed by atoms with Gasteiger partial charge in [0.15, 0.2) is 17.5 Å². The first kappa shape index (κ1) is 14.3. The Kier molecular flexibility index (Phi) is 4.48. The molecule has 22 heavy (non-hydrogen) atoms. The second kappa shape index (κ2) is 6.89. The largest absolute Gasteiger partial charge is 0.368 e. The van der Waals surface area contributed by atoms with Crippen molar-refractivity contribution in [3.8, 4) is 22.9 Å². The van der Waals surface area contributed by atoms with Crippen molar-refractivity contribution >= 4 is 5.82 Å². The number of nitrogens with one attached hydrogen (secondary N) is 3. The summed E-state index contributed by atoms with van der Waals surface area (Å²) in [5.41, 5.74) is 1.83. The number of hydrogen-bond donors (Lipinski definition) is 3. The van der Waals surface area contributed by atoms with E-state index in [9.17, 15) is 0 Å². The van der Waals surface area contributed by atoms with Crippen LogP contribution in [0.1, 0.15) is 26.2 Å². The molecule has 3 rings (SSSR count). The molecule has 0 unspecified atom stereocenters. The number of imidazole rings is 1. The molecule has 0 amide bonds. The average molecular weight is 296 g/mol. The highest BCUT2D eigenvalue weighted by molar-refractivity contribution is 5.67. The Morgan fingerprint density at radius 3 is 2.82 bits per heavy atom. The van der Waals surface area contributed by atoms with E-state index >= 15 is 0 Å². The van der Waals surface area contributed by atoms with Crippen molar-refractivity contribution in [2.75, 3.05) is 11.9 Å². The fraction of sp³-hybridized carbons (Fsp3) is 0.312. The summed E-state index contributed by atoms with van der Waals surface area (Å²) in [6.07, 6.45) is 5.22. The molecular formula is C16H20N6. The van der Waals surface area contributed by atoms with Gasteiger partial charge in [0.05, 0.1) is 6.33 Å². The van der Waals surface area contributed by atoms with E-state index in [1.807, 2.05) is 30.3 Å². The Morgan fingerprint density at radius 2 is 2.00 bits per heavy atom. The van der Waals surface area contributed by atoms with Crippen LogP contribution in [0.15, 0.2) is 36.7 Å². The van der Waals surface area contributed by atoms with E-state index in [2.05, 4.69) is 37.4 Å². The van der Waals surface area contributed by atoms with Gasteiger partial charge in [-0.3, -0.25) is 5.10 Å². The van der Waals surface area contributed by atoms with E-state index in [4.69, 9.17) is 0 Å². The number of aromatic amines is 2. The van der Waals surface area contributed by atoms with Gasteiger partial charge in [-0.2, -0.15) is 5.10 Å². The predicted octanol–water partition coefficient (Wildman–Crippen LogP) is 3.46. The fourth-order valence-corrected chi connectivity index (χ4v) is 2.28. The lowest BCUT2D eigenvalue weighted by atomic mass is 10.2. The summed E-state index contributed by atoms with van der Waals surface area (Å²) in [7, 11) is 0. The van der Waals surface area contributed by atoms with Crippen LogP contribution in [0.3, 0.4) is 0 Å². The summed E-state index contributed by atoms with van der Waals surface area (Å²) in [4.78, 5) is 12.0. The number of anilines is 1. The second-order valence-corrected chi connectivity index (χ2v) is 5.13. The van der Waals surface area contributed by atoms with Crippen LogP contribution in [0, 0.1) is 0 Å². The maximum absolute atomic E-state index is 4.55. The molecule has 0 aliphatic carbocycles. The van der Waals surface area contributed by atoms with Crippen molar-refractivity contribution < 1.29 is 0 Å². The molecule has 3 N–H and O–H groups in total. The van der Waals surface area contributed by atoms with Crippen LogP contribution in [0.5, 0.6) is 0 Å². The molecule has 6 heteroatoms. The molecule has 3 aromatic rings. The van der Waals surface area contributed by atoms with Crippen LogP contribution in [0.4, 0.5) is 5.82 Å². The number of H-pyrrole nitrogens is 2. The Balaban J connectivity index is 1.75. The van der Waals surface area contributed by atoms with Crippen molar-refractivity contribution in [2.24, 2.45) is 0 Å². The van der Waals surface area contributed by atoms with Gasteiger partial charge < -0.3 is 10.3 Å². The lowest BCUT2D eigenvalue weighted by Gasteiger charge is -2.03. The third-order valence-corrected chi connectivity index (χ3v) is 3.47. The lowest BCUT2D eigenvalue weighted by Crippen LogP contribution is -2.03. The zero-order valence-electron chi connectivity index (χ0n) is 12.6. The van der Waals surface area contributed by atoms with Crippen LogP contribution >= 0.6 is 0 Å². The molecule has 2 heterocycles. The van der Waals surface area contributed by atoms with Gasteiger partial charge in [0, 0.05) is 12.1 Å². The van der Waals surface area contributed by atoms with Crippen molar-refractivity contribution in [1.82, 2.24) is 25.1 Å². The Hall–Kier alpha value is -2.63. The summed E-state index contributed by atoms with van der Waals surface area (Å²) < 4.78 is 0. The number of nitrogens with zero attached hydrogens (tertiary/aromatic N) is 3. The molecule has 0 aliphatic heterocycles. The first-order valence-electron chi connectivity index (χ1n) is 7.64. The third kappa shape index (κ3) is 3.16. The summed E-state index contributed by atoms with van der Waals surface area (Å²) in [5.74, 6) is 2.18. The van der Waals surface area contributed by atoms with Gasteiger partial charge in [-0.1, -0.05) is 50.1 Å². The van der Waals surface area contributed by atoms with Crippen molar-refractivity contribution in [3.05, 3.63) is 36.7 Å². The number of aromatic nitrogens is 5. The molecule has 0 aliphatic rings. The molecule has 0 atom stereocenters. The van der Waals surface area contributed by atoms with E-state index < -0.39 is 0 Å². The first-order valence-corrected chi connectivity index (χ1v) is 7.64. The zero-order valence-corrected chi connectivity index (χ0v) is 12.6. The predicted molar refractivity (Wildman–Crippen MR) is 87.4 cm³/mol. The highest BCUT2D eigenvalue weighted by Crippen LogP contribution is 2.23. The Bertz CT molecular complexity index is 700. The molecule has 0 fully saturated rings. The molecule has 0 spiro atoms. The Morgan fingerprint density at radius 1 is 1.14 bits per heavy atom. The highest BCUT2D eigenvalue weighted by Gasteiger charge is 2.13. The normalized spacial score (nSPS) is 10.8. The van der Waals surface area contributed by atoms with Gasteiger partial charge in [-0.05, 0) is 6.42 Å². The van der Waals surface area contributed by atoms with Crippen LogP contribution in [-0.2, 0) is 0 Å². The molecule has 0 saturated heterocycles. The maximum Gasteiger partial charge on any atom is 0.181 e. The summed E-state index contributed by atoms with van der Waals surface area (Å²) in [6.45, 7) is 3.10. The number of benzene rings is 1. The van der Waals surface area contributed by atoms with Gasteiger partial charge >= 0.3 is 0 Å². The summed E-state index contributed by atoms with van der Waals surface area (Å²) in [5, 5.41) is 10.6. The van der Waals surface area contributed by atoms with E-state index in [1.54, 1.807) is 6.33 Å². The minimum Gasteiger partial charge on any atom is -0.368 e. The van der Waals surface area contributed by atoms with Crippen LogP contribution < -0.4 is 5.32 Å². The van der Waals surface area contributed by atoms with Crippen LogP contribution in [0.2, 0.25) is 0 Å². The standard InChI is InChI=1S/C16H20N6/c1-2-3-7-10-17-15-13(18-11-19-15)16-20-14(21-22-16)12-8-5-4-6-9-12/h4-6,8-9,11,17H,2-3,7,10H2,1H3,(H,18,19)(H,20,21,22). The number of rotatable bonds is 7. The highest BCUT2D eigenvalue weighted by atomic mass is 15.2. The lowest BCUT2D eigenvalue weighted by molar-refractivity contribution is 0.743. The number of unbranched alkanes of at least 4 members (excludes halogenated alkanes) is 2. The van der Waals surface area contributed by atoms with Crippen molar-refractivity contribution in [2.45, 2.75) is 26.2 Å². The van der Waals surface area contributed by atoms with Crippen LogP contribution in [-0.4, -0.2) is 31.7 Å². The van der Waals surface area contributed by atoms with Gasteiger partial charge in [0.2, 0.25) is 0 Å². The van der Waals surface area contributed by atoms with Gasteiger partial charge in [-0.25, -0.2) is 9.97 Å². The molecule has 114 valence electrons. The molecule has 0 bridgehead atoms. The van der Waals surface area contributed by atoms with Gasteiger partial charge in [0.25, 0.3) is 0 Å². The zero-order chi connectivity index (χ0) is 15.2. The molecule has 0 radical (unpaired) electrons. The molecular weight excluding hydrogens is 276 g/mol. The Labute approximate surface area is 129 Å². The maximum atomic E-state index is 4.55. The quantitative estimate of drug-likeness (QED) is 0.583. The van der Waals surface area contributed by atoms with E-state index in [0.717, 1.165) is 30.0 Å². The fourth-order valence-electron chi connectivity index (χ4n) is 2.28. The topological polar surface area (TPSA) is 82.3 Å². The smallest absolute Gasteiger partial charge is 0.181 e. The van der Waals surface area contributed by atoms with Gasteiger partial charge in [-0.15, -0.1) is 0 Å². The minimum absolute atomic E-state index is 0.683. The van der Waals surface area contributed by atoms with Crippen molar-refractivity contribution in [1.29, 1.82) is 0 Å². The molecule has 0 saturated carbocycles. The first-order chi connectivity index (χ1) is 10.9. The summed E-state index contributed by atoms with van der Waals surface area (Å²) in [6, 6.07) is 9.91. The van der Waals surface area contributed by atoms with Crippen molar-refractivity contribution in [3.63, 3.8) is 0 Å². The molecule has 2 aromatic heterocycles. The van der Waals surface area contributed by atoms with Crippen LogP contribution in [0.25, 0.3) is 22.9 Å².